The van der Waals surface area contributed by atoms with Crippen LogP contribution in [0.1, 0.15) is 110 Å². The van der Waals surface area contributed by atoms with E-state index in [-0.39, 0.29) is 13.2 Å². The van der Waals surface area contributed by atoms with Crippen LogP contribution in [-0.2, 0) is 0 Å². The van der Waals surface area contributed by atoms with E-state index in [9.17, 15) is 4.79 Å². The molecule has 0 saturated heterocycles. The third kappa shape index (κ3) is 9.52. The Morgan fingerprint density at radius 2 is 0.963 bits per heavy atom. The molecule has 0 fully saturated rings. The Bertz CT molecular complexity index is 2280. The Morgan fingerprint density at radius 3 is 1.41 bits per heavy atom. The van der Waals surface area contributed by atoms with Gasteiger partial charge in [0.1, 0.15) is 0 Å². The van der Waals surface area contributed by atoms with Crippen LogP contribution in [0.2, 0.25) is 10.0 Å². The summed E-state index contributed by atoms with van der Waals surface area (Å²) in [6.45, 7) is 29.5. The van der Waals surface area contributed by atoms with E-state index < -0.39 is 0 Å². The molecule has 3 N–H and O–H groups in total. The maximum atomic E-state index is 11.3. The molecule has 290 valence electrons. The van der Waals surface area contributed by atoms with Gasteiger partial charge in [-0.1, -0.05) is 46.1 Å². The molecule has 0 atom stereocenters. The van der Waals surface area contributed by atoms with Gasteiger partial charge in [0.15, 0.2) is 16.9 Å². The summed E-state index contributed by atoms with van der Waals surface area (Å²) in [6.07, 6.45) is 0. The molecular formula is C44H56Cl2N4O4. The van der Waals surface area contributed by atoms with E-state index in [1.807, 2.05) is 87.4 Å². The summed E-state index contributed by atoms with van der Waals surface area (Å²) in [4.78, 5) is 11.3. The molecule has 0 unspecified atom stereocenters. The molecule has 8 nitrogen and oxygen atoms in total. The number of ketones is 1. The second kappa shape index (κ2) is 18.6. The van der Waals surface area contributed by atoms with E-state index in [1.54, 1.807) is 13.8 Å². The zero-order valence-electron chi connectivity index (χ0n) is 33.7. The summed E-state index contributed by atoms with van der Waals surface area (Å²) in [6, 6.07) is 7.73. The predicted molar refractivity (Wildman–Crippen MR) is 228 cm³/mol. The number of carbonyl (C=O) groups is 1. The first kappa shape index (κ1) is 45.5. The first-order valence-electron chi connectivity index (χ1n) is 17.3. The summed E-state index contributed by atoms with van der Waals surface area (Å²) < 4.78 is 10.4. The van der Waals surface area contributed by atoms with Crippen molar-refractivity contribution in [1.82, 2.24) is 10.3 Å². The van der Waals surface area contributed by atoms with Gasteiger partial charge in [-0.15, -0.1) is 0 Å². The van der Waals surface area contributed by atoms with Crippen molar-refractivity contribution in [3.05, 3.63) is 118 Å². The van der Waals surface area contributed by atoms with Gasteiger partial charge in [0.25, 0.3) is 0 Å². The number of oxime groups is 1. The third-order valence-corrected chi connectivity index (χ3v) is 10.9. The topological polar surface area (TPSA) is 128 Å². The number of fused-ring (bicyclic) bond motifs is 2. The minimum atomic E-state index is 0. The lowest BCUT2D eigenvalue weighted by molar-refractivity contribution is 0.101. The van der Waals surface area contributed by atoms with Gasteiger partial charge >= 0.3 is 0 Å². The molecule has 10 heteroatoms. The molecule has 0 aliphatic carbocycles. The Balaban J connectivity index is 0.000000247. The lowest BCUT2D eigenvalue weighted by Gasteiger charge is -2.12. The van der Waals surface area contributed by atoms with Crippen molar-refractivity contribution in [3.63, 3.8) is 0 Å². The predicted octanol–water partition coefficient (Wildman–Crippen LogP) is 13.0. The molecule has 0 amide bonds. The fraction of sp³-hybridized carbons (Fsp3) is 0.364. The zero-order chi connectivity index (χ0) is 40.2. The number of anilines is 1. The minimum absolute atomic E-state index is 0. The van der Waals surface area contributed by atoms with Crippen LogP contribution < -0.4 is 5.73 Å². The number of nitrogens with zero attached hydrogens (tertiary/aromatic N) is 3. The zero-order valence-corrected chi connectivity index (χ0v) is 35.2. The Labute approximate surface area is 330 Å². The third-order valence-electron chi connectivity index (χ3n) is 10.3. The van der Waals surface area contributed by atoms with Crippen LogP contribution >= 0.6 is 23.2 Å². The molecule has 0 saturated carbocycles. The van der Waals surface area contributed by atoms with Crippen LogP contribution in [-0.4, -0.2) is 27.0 Å². The maximum Gasteiger partial charge on any atom is 0.167 e. The van der Waals surface area contributed by atoms with Crippen molar-refractivity contribution in [2.75, 3.05) is 5.73 Å². The smallest absolute Gasteiger partial charge is 0.167 e. The molecule has 0 aliphatic rings. The second-order valence-corrected chi connectivity index (χ2v) is 14.6. The van der Waals surface area contributed by atoms with Gasteiger partial charge in [-0.3, -0.25) is 4.79 Å². The van der Waals surface area contributed by atoms with Crippen molar-refractivity contribution in [3.8, 4) is 0 Å². The monoisotopic (exact) mass is 774 g/mol. The molecule has 6 aromatic rings. The van der Waals surface area contributed by atoms with Crippen LogP contribution in [0.25, 0.3) is 21.9 Å². The highest BCUT2D eigenvalue weighted by Crippen LogP contribution is 2.30. The Hall–Kier alpha value is -4.66. The van der Waals surface area contributed by atoms with E-state index in [2.05, 4.69) is 42.3 Å². The number of aryl methyl sites for hydroxylation is 8. The summed E-state index contributed by atoms with van der Waals surface area (Å²) in [5.74, 6) is 0.0330. The van der Waals surface area contributed by atoms with Gasteiger partial charge < -0.3 is 20.0 Å². The van der Waals surface area contributed by atoms with Crippen LogP contribution in [0.4, 0.5) is 5.69 Å². The fourth-order valence-corrected chi connectivity index (χ4v) is 7.25. The molecule has 0 radical (unpaired) electrons. The number of nitrogens with two attached hydrogens (primary N) is 1. The van der Waals surface area contributed by atoms with Crippen LogP contribution in [0, 0.1) is 90.0 Å². The SMILES string of the molecule is C.C/C(=N\O)c1c(Cl)cc(C)c(C)c1C.CC(=O)c1c(Cl)cc(C)c(C)c1C.Cc1cc2onc(C)c2c(C)c1C.Cc1cc2onc(C)c2c(C)c1N. The van der Waals surface area contributed by atoms with Crippen molar-refractivity contribution in [2.24, 2.45) is 5.16 Å². The Morgan fingerprint density at radius 1 is 0.593 bits per heavy atom. The number of Topliss-reactive ketones (excluding diaryl/α,β-unsaturated/α-hetero) is 1. The highest BCUT2D eigenvalue weighted by atomic mass is 35.5. The van der Waals surface area contributed by atoms with Gasteiger partial charge in [-0.25, -0.2) is 0 Å². The summed E-state index contributed by atoms with van der Waals surface area (Å²) in [7, 11) is 0. The van der Waals surface area contributed by atoms with Gasteiger partial charge in [-0.05, 0) is 189 Å². The maximum absolute atomic E-state index is 11.3. The highest BCUT2D eigenvalue weighted by molar-refractivity contribution is 6.34. The van der Waals surface area contributed by atoms with E-state index in [0.29, 0.717) is 21.3 Å². The van der Waals surface area contributed by atoms with Gasteiger partial charge in [0, 0.05) is 27.6 Å². The average Bonchev–Trinajstić information content (AvgIpc) is 3.65. The molecule has 4 aromatic carbocycles. The lowest BCUT2D eigenvalue weighted by atomic mass is 9.96. The van der Waals surface area contributed by atoms with Gasteiger partial charge in [0.2, 0.25) is 0 Å². The van der Waals surface area contributed by atoms with Crippen LogP contribution in [0.5, 0.6) is 0 Å². The number of rotatable bonds is 2. The van der Waals surface area contributed by atoms with E-state index in [0.717, 1.165) is 78.1 Å². The van der Waals surface area contributed by atoms with Crippen molar-refractivity contribution in [2.45, 2.75) is 111 Å². The highest BCUT2D eigenvalue weighted by Gasteiger charge is 2.14. The largest absolute Gasteiger partial charge is 0.411 e. The van der Waals surface area contributed by atoms with Gasteiger partial charge in [-0.2, -0.15) is 0 Å². The molecular weight excluding hydrogens is 719 g/mol. The number of carbonyl (C=O) groups excluding carboxylic acids is 1. The molecule has 0 bridgehead atoms. The summed E-state index contributed by atoms with van der Waals surface area (Å²) in [5.41, 5.74) is 25.1. The van der Waals surface area contributed by atoms with Crippen LogP contribution in [0.15, 0.2) is 38.5 Å². The minimum Gasteiger partial charge on any atom is -0.411 e. The van der Waals surface area contributed by atoms with Crippen molar-refractivity contribution < 1.29 is 19.0 Å². The Kier molecular flexibility index (Phi) is 15.7. The number of hydrogen-bond acceptors (Lipinski definition) is 8. The summed E-state index contributed by atoms with van der Waals surface area (Å²) in [5, 5.41) is 23.2. The number of halogens is 2. The lowest BCUT2D eigenvalue weighted by Crippen LogP contribution is -2.02. The van der Waals surface area contributed by atoms with E-state index >= 15 is 0 Å². The first-order chi connectivity index (χ1) is 24.7. The molecule has 6 rings (SSSR count). The number of benzene rings is 4. The molecule has 54 heavy (non-hydrogen) atoms. The van der Waals surface area contributed by atoms with Crippen molar-refractivity contribution in [1.29, 1.82) is 0 Å². The molecule has 2 heterocycles. The van der Waals surface area contributed by atoms with Crippen LogP contribution in [0.3, 0.4) is 0 Å². The quantitative estimate of drug-likeness (QED) is 0.0589. The first-order valence-corrected chi connectivity index (χ1v) is 18.1. The number of hydrogen-bond donors (Lipinski definition) is 2. The number of aromatic nitrogens is 2. The molecule has 0 spiro atoms. The summed E-state index contributed by atoms with van der Waals surface area (Å²) >= 11 is 12.1. The number of nitrogen functional groups attached to an aromatic ring is 1. The molecule has 2 aromatic heterocycles. The molecule has 0 aliphatic heterocycles. The normalized spacial score (nSPS) is 10.9. The van der Waals surface area contributed by atoms with Crippen molar-refractivity contribution >= 4 is 62.3 Å². The van der Waals surface area contributed by atoms with E-state index in [4.69, 9.17) is 43.2 Å². The van der Waals surface area contributed by atoms with Gasteiger partial charge in [0.05, 0.1) is 27.1 Å². The standard InChI is InChI=1S/C11H14ClNO.C11H13ClO.C11H13NO.C10H12N2O.CH4/c1-6-5-10(12)11(9(4)13-14)8(3)7(6)2;1-6-5-10(12)11(9(4)13)8(3)7(6)2;1-6-5-10-11(8(3)7(6)2)9(4)12-13-10;1-5-4-8-9(6(2)10(5)11)7(3)12-13-8;/h5,14H,1-4H3;2*5H,1-4H3;4H,11H2,1-3H3;1H4/b13-9+;;;;. The van der Waals surface area contributed by atoms with E-state index in [1.165, 1.54) is 27.6 Å². The fourth-order valence-electron chi connectivity index (χ4n) is 6.37. The second-order valence-electron chi connectivity index (χ2n) is 13.8. The average molecular weight is 776 g/mol.